The number of nitrogens with one attached hydrogen (secondary N) is 4. The Hall–Kier alpha value is -3.58. The number of likely N-dealkylation sites (tertiary alicyclic amines) is 1. The molecule has 2 aliphatic carbocycles. The van der Waals surface area contributed by atoms with Gasteiger partial charge in [0.1, 0.15) is 12.1 Å². The number of piperidine rings is 1. The predicted octanol–water partition coefficient (Wildman–Crippen LogP) is 2.32. The van der Waals surface area contributed by atoms with Crippen molar-refractivity contribution in [2.45, 2.75) is 129 Å². The molecule has 0 aromatic carbocycles. The highest BCUT2D eigenvalue weighted by Crippen LogP contribution is 2.65. The van der Waals surface area contributed by atoms with E-state index in [1.54, 1.807) is 41.5 Å². The molecule has 3 aliphatic rings. The molecule has 12 nitrogen and oxygen atoms in total. The number of fused-ring (bicyclic) bond motifs is 1. The number of amides is 5. The molecular weight excluding hydrogens is 646 g/mol. The summed E-state index contributed by atoms with van der Waals surface area (Å²) in [6, 6.07) is -3.91. The van der Waals surface area contributed by atoms with Crippen LogP contribution in [0.1, 0.15) is 100 Å². The van der Waals surface area contributed by atoms with Crippen LogP contribution in [-0.2, 0) is 29.0 Å². The first-order valence-electron chi connectivity index (χ1n) is 17.1. The van der Waals surface area contributed by atoms with Gasteiger partial charge in [0.2, 0.25) is 17.6 Å². The molecule has 3 unspecified atom stereocenters. The summed E-state index contributed by atoms with van der Waals surface area (Å²) in [4.78, 5) is 69.0. The molecule has 1 aliphatic heterocycles. The Morgan fingerprint density at radius 1 is 0.939 bits per heavy atom. The number of nitrogens with zero attached hydrogens (tertiary/aromatic N) is 1. The molecule has 5 amide bonds. The van der Waals surface area contributed by atoms with Crippen LogP contribution < -0.4 is 21.3 Å². The Bertz CT molecular complexity index is 1500. The van der Waals surface area contributed by atoms with Crippen LogP contribution in [0.2, 0.25) is 0 Å². The standard InChI is InChI=1S/C36H55N5O7S/c1-11-13-17-24(27(42)30(44)37-20-12-2)38-29(43)26-25-23(35(25,9)10)21-41(26)31(45)28(33(3,4)5)39-32(46)40-36(18-15-14-16-19-36)22-49(47,48)34(6,7)8/h1-2,23-26,28H,13-22H2,3-10H3,(H,37,44)(H,38,43)(H2,39,40,46)/t23?,24?,25?,26-,28+/m0/s1. The van der Waals surface area contributed by atoms with Crippen molar-refractivity contribution in [2.75, 3.05) is 18.8 Å². The molecule has 0 spiro atoms. The number of rotatable bonds is 12. The summed E-state index contributed by atoms with van der Waals surface area (Å²) in [6.07, 6.45) is 14.2. The van der Waals surface area contributed by atoms with Gasteiger partial charge in [-0.1, -0.05) is 59.8 Å². The molecule has 1 saturated heterocycles. The molecule has 0 bridgehead atoms. The van der Waals surface area contributed by atoms with Gasteiger partial charge in [-0.15, -0.1) is 18.8 Å². The fourth-order valence-corrected chi connectivity index (χ4v) is 8.80. The Morgan fingerprint density at radius 2 is 1.55 bits per heavy atom. The van der Waals surface area contributed by atoms with Gasteiger partial charge in [0.05, 0.1) is 28.6 Å². The van der Waals surface area contributed by atoms with E-state index in [2.05, 4.69) is 33.1 Å². The van der Waals surface area contributed by atoms with Gasteiger partial charge in [0, 0.05) is 13.0 Å². The Labute approximate surface area is 292 Å². The first kappa shape index (κ1) is 39.9. The van der Waals surface area contributed by atoms with Gasteiger partial charge < -0.3 is 26.2 Å². The molecule has 4 N–H and O–H groups in total. The highest BCUT2D eigenvalue weighted by molar-refractivity contribution is 7.92. The highest BCUT2D eigenvalue weighted by Gasteiger charge is 2.70. The smallest absolute Gasteiger partial charge is 0.315 e. The molecular formula is C36H55N5O7S. The summed E-state index contributed by atoms with van der Waals surface area (Å²) in [5.41, 5.74) is -2.03. The number of carbonyl (C=O) groups excluding carboxylic acids is 5. The van der Waals surface area contributed by atoms with Gasteiger partial charge in [0.25, 0.3) is 5.91 Å². The van der Waals surface area contributed by atoms with E-state index in [9.17, 15) is 32.4 Å². The lowest BCUT2D eigenvalue weighted by atomic mass is 9.83. The van der Waals surface area contributed by atoms with E-state index in [1.807, 2.05) is 13.8 Å². The quantitative estimate of drug-likeness (QED) is 0.179. The zero-order valence-corrected chi connectivity index (χ0v) is 31.1. The number of terminal acetylenes is 2. The molecule has 0 radical (unpaired) electrons. The van der Waals surface area contributed by atoms with Crippen molar-refractivity contribution in [1.82, 2.24) is 26.2 Å². The summed E-state index contributed by atoms with van der Waals surface area (Å²) < 4.78 is 25.6. The van der Waals surface area contributed by atoms with Gasteiger partial charge in [-0.2, -0.15) is 0 Å². The molecule has 3 fully saturated rings. The summed E-state index contributed by atoms with van der Waals surface area (Å²) in [5.74, 6) is 1.35. The second-order valence-corrected chi connectivity index (χ2v) is 19.3. The Kier molecular flexibility index (Phi) is 12.0. The van der Waals surface area contributed by atoms with Crippen LogP contribution in [0.4, 0.5) is 4.79 Å². The van der Waals surface area contributed by atoms with E-state index in [0.29, 0.717) is 12.8 Å². The second kappa shape index (κ2) is 14.7. The monoisotopic (exact) mass is 701 g/mol. The van der Waals surface area contributed by atoms with Crippen molar-refractivity contribution in [3.8, 4) is 24.7 Å². The van der Waals surface area contributed by atoms with Crippen LogP contribution in [0, 0.1) is 47.4 Å². The van der Waals surface area contributed by atoms with Crippen molar-refractivity contribution in [1.29, 1.82) is 0 Å². The fourth-order valence-electron chi connectivity index (χ4n) is 7.28. The lowest BCUT2D eigenvalue weighted by molar-refractivity contribution is -0.145. The van der Waals surface area contributed by atoms with Gasteiger partial charge in [-0.25, -0.2) is 13.2 Å². The predicted molar refractivity (Wildman–Crippen MR) is 187 cm³/mol. The maximum absolute atomic E-state index is 14.4. The number of hydrogen-bond acceptors (Lipinski definition) is 7. The maximum atomic E-state index is 14.4. The molecule has 1 heterocycles. The van der Waals surface area contributed by atoms with Crippen molar-refractivity contribution in [2.24, 2.45) is 22.7 Å². The van der Waals surface area contributed by atoms with Gasteiger partial charge >= 0.3 is 6.03 Å². The number of Topliss-reactive ketones (excluding diaryl/α,β-unsaturated/α-hetero) is 1. The van der Waals surface area contributed by atoms with Gasteiger partial charge in [-0.3, -0.25) is 19.2 Å². The molecule has 0 aromatic rings. The molecule has 0 aromatic heterocycles. The van der Waals surface area contributed by atoms with E-state index in [-0.39, 0.29) is 48.9 Å². The van der Waals surface area contributed by atoms with Crippen molar-refractivity contribution in [3.05, 3.63) is 0 Å². The van der Waals surface area contributed by atoms with E-state index in [0.717, 1.165) is 19.3 Å². The molecule has 5 atom stereocenters. The van der Waals surface area contributed by atoms with E-state index < -0.39 is 73.2 Å². The van der Waals surface area contributed by atoms with Crippen molar-refractivity contribution in [3.63, 3.8) is 0 Å². The van der Waals surface area contributed by atoms with Crippen LogP contribution in [0.3, 0.4) is 0 Å². The summed E-state index contributed by atoms with van der Waals surface area (Å²) in [6.45, 7) is 14.5. The van der Waals surface area contributed by atoms with Crippen LogP contribution in [-0.4, -0.2) is 90.1 Å². The van der Waals surface area contributed by atoms with Crippen LogP contribution >= 0.6 is 0 Å². The minimum Gasteiger partial charge on any atom is -0.344 e. The third-order valence-electron chi connectivity index (χ3n) is 10.5. The molecule has 2 saturated carbocycles. The molecule has 272 valence electrons. The van der Waals surface area contributed by atoms with Gasteiger partial charge in [-0.05, 0) is 62.7 Å². The van der Waals surface area contributed by atoms with E-state index in [4.69, 9.17) is 12.8 Å². The average Bonchev–Trinajstić information content (AvgIpc) is 3.30. The largest absolute Gasteiger partial charge is 0.344 e. The minimum atomic E-state index is -3.58. The van der Waals surface area contributed by atoms with Crippen LogP contribution in [0.25, 0.3) is 0 Å². The summed E-state index contributed by atoms with van der Waals surface area (Å²) in [5, 5.41) is 10.8. The number of carbonyl (C=O) groups is 5. The third-order valence-corrected chi connectivity index (χ3v) is 13.3. The molecule has 3 rings (SSSR count). The number of ketones is 1. The van der Waals surface area contributed by atoms with Crippen LogP contribution in [0.5, 0.6) is 0 Å². The Morgan fingerprint density at radius 3 is 2.08 bits per heavy atom. The zero-order valence-electron chi connectivity index (χ0n) is 30.3. The Balaban J connectivity index is 1.87. The maximum Gasteiger partial charge on any atom is 0.315 e. The average molecular weight is 702 g/mol. The third kappa shape index (κ3) is 8.97. The summed E-state index contributed by atoms with van der Waals surface area (Å²) >= 11 is 0. The van der Waals surface area contributed by atoms with Crippen molar-refractivity contribution < 1.29 is 32.4 Å². The molecule has 13 heteroatoms. The van der Waals surface area contributed by atoms with Crippen LogP contribution in [0.15, 0.2) is 0 Å². The number of sulfone groups is 1. The summed E-state index contributed by atoms with van der Waals surface area (Å²) in [7, 11) is -3.58. The second-order valence-electron chi connectivity index (χ2n) is 16.6. The lowest BCUT2D eigenvalue weighted by Crippen LogP contribution is -2.64. The van der Waals surface area contributed by atoms with Gasteiger partial charge in [0.15, 0.2) is 9.84 Å². The first-order chi connectivity index (χ1) is 22.5. The first-order valence-corrected chi connectivity index (χ1v) is 18.8. The fraction of sp³-hybridized carbons (Fsp3) is 0.750. The normalized spacial score (nSPS) is 23.8. The van der Waals surface area contributed by atoms with E-state index in [1.165, 1.54) is 4.90 Å². The number of hydrogen-bond donors (Lipinski definition) is 4. The molecule has 49 heavy (non-hydrogen) atoms. The topological polar surface area (TPSA) is 171 Å². The number of urea groups is 1. The zero-order chi connectivity index (χ0) is 37.2. The van der Waals surface area contributed by atoms with Crippen molar-refractivity contribution >= 4 is 39.4 Å². The van der Waals surface area contributed by atoms with E-state index >= 15 is 0 Å². The SMILES string of the molecule is C#CCCC(NC(=O)[C@@H]1C2C(CN1C(=O)[C@@H](NC(=O)NC1(CS(=O)(=O)C(C)(C)C)CCCCC1)C(C)(C)C)C2(C)C)C(=O)C(=O)NCC#C. The lowest BCUT2D eigenvalue weighted by Gasteiger charge is -2.41. The minimum absolute atomic E-state index is 0.00791. The highest BCUT2D eigenvalue weighted by atomic mass is 32.2.